The van der Waals surface area contributed by atoms with Crippen LogP contribution in [0.25, 0.3) is 11.0 Å². The largest absolute Gasteiger partial charge is 0.393 e. The fraction of sp³-hybridized carbons (Fsp3) is 0.767. The Labute approximate surface area is 205 Å². The molecule has 3 N–H and O–H groups in total. The zero-order valence-electron chi connectivity index (χ0n) is 21.3. The van der Waals surface area contributed by atoms with E-state index in [4.69, 9.17) is 4.98 Å². The Hall–Kier alpha value is -1.39. The lowest BCUT2D eigenvalue weighted by Gasteiger charge is -2.62. The molecule has 0 bridgehead atoms. The zero-order chi connectivity index (χ0) is 23.7. The molecule has 4 fully saturated rings. The summed E-state index contributed by atoms with van der Waals surface area (Å²) in [7, 11) is 0. The number of aryl methyl sites for hydroxylation is 1. The number of aromatic nitrogens is 2. The van der Waals surface area contributed by atoms with E-state index in [2.05, 4.69) is 50.0 Å². The third kappa shape index (κ3) is 3.42. The molecule has 4 saturated carbocycles. The van der Waals surface area contributed by atoms with Gasteiger partial charge in [-0.1, -0.05) is 32.9 Å². The molecule has 34 heavy (non-hydrogen) atoms. The van der Waals surface area contributed by atoms with Gasteiger partial charge in [0.15, 0.2) is 0 Å². The molecular formula is C30H44N2O2. The number of rotatable bonds is 4. The van der Waals surface area contributed by atoms with Gasteiger partial charge in [-0.3, -0.25) is 0 Å². The SMILES string of the molecule is CC(CCc1nc2ccccc2[nH]1)C1CCC2C3CCC4CC(O)CCC4(C)C3CC(O)C12C. The molecule has 0 radical (unpaired) electrons. The van der Waals surface area contributed by atoms with Crippen LogP contribution in [-0.2, 0) is 6.42 Å². The van der Waals surface area contributed by atoms with E-state index in [-0.39, 0.29) is 17.6 Å². The topological polar surface area (TPSA) is 69.1 Å². The maximum absolute atomic E-state index is 11.8. The number of nitrogens with one attached hydrogen (secondary N) is 1. The number of fused-ring (bicyclic) bond motifs is 6. The van der Waals surface area contributed by atoms with Gasteiger partial charge in [-0.05, 0) is 116 Å². The summed E-state index contributed by atoms with van der Waals surface area (Å²) in [6, 6.07) is 8.30. The average Bonchev–Trinajstić information content (AvgIpc) is 3.40. The molecule has 0 amide bonds. The Bertz CT molecular complexity index is 1000. The Morgan fingerprint density at radius 2 is 1.85 bits per heavy atom. The summed E-state index contributed by atoms with van der Waals surface area (Å²) in [5.41, 5.74) is 2.55. The minimum atomic E-state index is -0.192. The Kier molecular flexibility index (Phi) is 5.65. The standard InChI is InChI=1S/C30H44N2O2/c1-18(8-13-28-31-25-6-4-5-7-26(25)32-28)22-11-12-23-21-10-9-19-16-20(33)14-15-29(19,2)24(21)17-27(34)30(22,23)3/h4-7,18-24,27,33-34H,8-17H2,1-3H3,(H,31,32). The van der Waals surface area contributed by atoms with Crippen molar-refractivity contribution in [1.29, 1.82) is 0 Å². The molecular weight excluding hydrogens is 420 g/mol. The van der Waals surface area contributed by atoms with Crippen molar-refractivity contribution in [2.45, 2.75) is 97.2 Å². The molecule has 1 aromatic heterocycles. The molecule has 4 nitrogen and oxygen atoms in total. The molecule has 4 heteroatoms. The first-order chi connectivity index (χ1) is 16.3. The highest BCUT2D eigenvalue weighted by Gasteiger charge is 2.63. The molecule has 1 heterocycles. The normalized spacial score (nSPS) is 44.9. The smallest absolute Gasteiger partial charge is 0.107 e. The van der Waals surface area contributed by atoms with E-state index >= 15 is 0 Å². The van der Waals surface area contributed by atoms with Crippen LogP contribution in [0.3, 0.4) is 0 Å². The predicted octanol–water partition coefficient (Wildman–Crippen LogP) is 6.12. The molecule has 0 aliphatic heterocycles. The lowest BCUT2D eigenvalue weighted by Crippen LogP contribution is -2.58. The van der Waals surface area contributed by atoms with Crippen LogP contribution >= 0.6 is 0 Å². The van der Waals surface area contributed by atoms with Crippen LogP contribution in [-0.4, -0.2) is 32.4 Å². The summed E-state index contributed by atoms with van der Waals surface area (Å²) >= 11 is 0. The second-order valence-corrected chi connectivity index (χ2v) is 13.1. The lowest BCUT2D eigenvalue weighted by molar-refractivity contribution is -0.174. The van der Waals surface area contributed by atoms with Gasteiger partial charge in [0.25, 0.3) is 0 Å². The molecule has 186 valence electrons. The second kappa shape index (κ2) is 8.34. The number of H-pyrrole nitrogens is 1. The molecule has 1 aromatic carbocycles. The van der Waals surface area contributed by atoms with Gasteiger partial charge in [-0.15, -0.1) is 0 Å². The first-order valence-electron chi connectivity index (χ1n) is 14.1. The van der Waals surface area contributed by atoms with Crippen molar-refractivity contribution < 1.29 is 10.2 Å². The minimum Gasteiger partial charge on any atom is -0.393 e. The first-order valence-corrected chi connectivity index (χ1v) is 14.1. The van der Waals surface area contributed by atoms with Crippen molar-refractivity contribution in [2.24, 2.45) is 46.3 Å². The van der Waals surface area contributed by atoms with Crippen molar-refractivity contribution in [3.05, 3.63) is 30.1 Å². The predicted molar refractivity (Wildman–Crippen MR) is 136 cm³/mol. The quantitative estimate of drug-likeness (QED) is 0.510. The number of imidazole rings is 1. The molecule has 10 unspecified atom stereocenters. The molecule has 0 saturated heterocycles. The zero-order valence-corrected chi connectivity index (χ0v) is 21.3. The van der Waals surface area contributed by atoms with Crippen molar-refractivity contribution >= 4 is 11.0 Å². The fourth-order valence-corrected chi connectivity index (χ4v) is 9.85. The van der Waals surface area contributed by atoms with Crippen LogP contribution in [0.2, 0.25) is 0 Å². The van der Waals surface area contributed by atoms with Gasteiger partial charge in [-0.25, -0.2) is 4.98 Å². The third-order valence-corrected chi connectivity index (χ3v) is 11.8. The number of hydrogen-bond acceptors (Lipinski definition) is 3. The molecule has 6 rings (SSSR count). The van der Waals surface area contributed by atoms with E-state index in [1.165, 1.54) is 25.7 Å². The molecule has 10 atom stereocenters. The highest BCUT2D eigenvalue weighted by Crippen LogP contribution is 2.68. The highest BCUT2D eigenvalue weighted by atomic mass is 16.3. The van der Waals surface area contributed by atoms with Crippen molar-refractivity contribution in [2.75, 3.05) is 0 Å². The number of aliphatic hydroxyl groups is 2. The Morgan fingerprint density at radius 3 is 2.68 bits per heavy atom. The monoisotopic (exact) mass is 464 g/mol. The van der Waals surface area contributed by atoms with Gasteiger partial charge < -0.3 is 15.2 Å². The maximum Gasteiger partial charge on any atom is 0.107 e. The van der Waals surface area contributed by atoms with Gasteiger partial charge >= 0.3 is 0 Å². The van der Waals surface area contributed by atoms with E-state index in [0.29, 0.717) is 35.0 Å². The number of para-hydroxylation sites is 2. The fourth-order valence-electron chi connectivity index (χ4n) is 9.85. The molecule has 4 aliphatic carbocycles. The summed E-state index contributed by atoms with van der Waals surface area (Å²) in [5.74, 6) is 4.98. The Morgan fingerprint density at radius 1 is 1.03 bits per heavy atom. The van der Waals surface area contributed by atoms with Crippen molar-refractivity contribution in [1.82, 2.24) is 9.97 Å². The van der Waals surface area contributed by atoms with Crippen LogP contribution in [0.15, 0.2) is 24.3 Å². The molecule has 0 spiro atoms. The number of aromatic amines is 1. The lowest BCUT2D eigenvalue weighted by atomic mass is 9.43. The van der Waals surface area contributed by atoms with Crippen LogP contribution in [0.4, 0.5) is 0 Å². The second-order valence-electron chi connectivity index (χ2n) is 13.1. The molecule has 2 aromatic rings. The van der Waals surface area contributed by atoms with E-state index in [1.54, 1.807) is 0 Å². The summed E-state index contributed by atoms with van der Waals surface area (Å²) < 4.78 is 0. The molecule has 4 aliphatic rings. The highest BCUT2D eigenvalue weighted by molar-refractivity contribution is 5.74. The van der Waals surface area contributed by atoms with Crippen LogP contribution < -0.4 is 0 Å². The average molecular weight is 465 g/mol. The summed E-state index contributed by atoms with van der Waals surface area (Å²) in [6.07, 6.45) is 11.0. The first kappa shape index (κ1) is 23.0. The summed E-state index contributed by atoms with van der Waals surface area (Å²) in [4.78, 5) is 8.32. The van der Waals surface area contributed by atoms with Gasteiger partial charge in [0.2, 0.25) is 0 Å². The Balaban J connectivity index is 1.18. The van der Waals surface area contributed by atoms with Gasteiger partial charge in [0.05, 0.1) is 23.2 Å². The van der Waals surface area contributed by atoms with Crippen molar-refractivity contribution in [3.8, 4) is 0 Å². The number of nitrogens with zero attached hydrogens (tertiary/aromatic N) is 1. The number of hydrogen-bond donors (Lipinski definition) is 3. The third-order valence-electron chi connectivity index (χ3n) is 11.8. The van der Waals surface area contributed by atoms with E-state index in [0.717, 1.165) is 61.3 Å². The van der Waals surface area contributed by atoms with Crippen LogP contribution in [0, 0.1) is 46.3 Å². The van der Waals surface area contributed by atoms with Crippen molar-refractivity contribution in [3.63, 3.8) is 0 Å². The number of aliphatic hydroxyl groups excluding tert-OH is 2. The van der Waals surface area contributed by atoms with E-state index < -0.39 is 0 Å². The number of benzene rings is 1. The van der Waals surface area contributed by atoms with E-state index in [9.17, 15) is 10.2 Å². The summed E-state index contributed by atoms with van der Waals surface area (Å²) in [5, 5.41) is 22.1. The van der Waals surface area contributed by atoms with Crippen LogP contribution in [0.5, 0.6) is 0 Å². The summed E-state index contributed by atoms with van der Waals surface area (Å²) in [6.45, 7) is 7.39. The van der Waals surface area contributed by atoms with Gasteiger partial charge in [0.1, 0.15) is 5.82 Å². The minimum absolute atomic E-state index is 0.0475. The van der Waals surface area contributed by atoms with Gasteiger partial charge in [-0.2, -0.15) is 0 Å². The maximum atomic E-state index is 11.8. The van der Waals surface area contributed by atoms with E-state index in [1.807, 2.05) is 0 Å². The van der Waals surface area contributed by atoms with Crippen LogP contribution in [0.1, 0.15) is 84.4 Å². The van der Waals surface area contributed by atoms with Gasteiger partial charge in [0, 0.05) is 6.42 Å².